The number of halogens is 1. The van der Waals surface area contributed by atoms with Crippen LogP contribution in [0.3, 0.4) is 0 Å². The van der Waals surface area contributed by atoms with E-state index >= 15 is 4.39 Å². The fraction of sp³-hybridized carbons (Fsp3) is 0.400. The Balaban J connectivity index is 1.36. The van der Waals surface area contributed by atoms with Gasteiger partial charge < -0.3 is 20.1 Å². The van der Waals surface area contributed by atoms with Crippen molar-refractivity contribution in [1.29, 1.82) is 0 Å². The van der Waals surface area contributed by atoms with E-state index in [1.165, 1.54) is 6.07 Å². The molecular formula is C25H29FN8O2. The van der Waals surface area contributed by atoms with Gasteiger partial charge in [-0.25, -0.2) is 9.37 Å². The molecule has 1 aliphatic rings. The summed E-state index contributed by atoms with van der Waals surface area (Å²) >= 11 is 0. The standard InChI is InChI=1S/C25H29FN8O2/c1-25(2,3)24-30-23(36-33-24)22(35)29-12-15-6-5-14(11-18(15)26)17-7-9-28-20-19(17)21(32-31-20)34-10-8-16(13-34)27-4/h5-7,9,11,16,27H,8,10,12-13H2,1-4H3,(H,29,35)(H,28,31,32)/t16-/m1/s1. The first-order valence-corrected chi connectivity index (χ1v) is 11.9. The average Bonchev–Trinajstić information content (AvgIpc) is 3.61. The number of likely N-dealkylation sites (N-methyl/N-ethyl adjacent to an activating group) is 1. The second-order valence-electron chi connectivity index (χ2n) is 10.0. The monoisotopic (exact) mass is 492 g/mol. The Labute approximate surface area is 207 Å². The Morgan fingerprint density at radius 2 is 2.14 bits per heavy atom. The molecule has 0 saturated carbocycles. The maximum atomic E-state index is 15.1. The van der Waals surface area contributed by atoms with Crippen LogP contribution in [0.1, 0.15) is 49.3 Å². The summed E-state index contributed by atoms with van der Waals surface area (Å²) in [4.78, 5) is 23.2. The van der Waals surface area contributed by atoms with Crippen LogP contribution in [0.2, 0.25) is 0 Å². The fourth-order valence-corrected chi connectivity index (χ4v) is 4.32. The van der Waals surface area contributed by atoms with Gasteiger partial charge in [-0.2, -0.15) is 10.1 Å². The van der Waals surface area contributed by atoms with Crippen molar-refractivity contribution in [3.63, 3.8) is 0 Å². The Kier molecular flexibility index (Phi) is 6.17. The van der Waals surface area contributed by atoms with E-state index in [0.29, 0.717) is 28.6 Å². The van der Waals surface area contributed by atoms with Gasteiger partial charge in [-0.05, 0) is 36.7 Å². The highest BCUT2D eigenvalue weighted by atomic mass is 19.1. The number of nitrogens with zero attached hydrogens (tertiary/aromatic N) is 5. The number of rotatable bonds is 6. The molecule has 36 heavy (non-hydrogen) atoms. The summed E-state index contributed by atoms with van der Waals surface area (Å²) in [5.41, 5.74) is 2.19. The van der Waals surface area contributed by atoms with Gasteiger partial charge in [-0.3, -0.25) is 9.89 Å². The van der Waals surface area contributed by atoms with E-state index in [0.717, 1.165) is 36.3 Å². The fourth-order valence-electron chi connectivity index (χ4n) is 4.32. The maximum Gasteiger partial charge on any atom is 0.315 e. The number of carbonyl (C=O) groups is 1. The van der Waals surface area contributed by atoms with E-state index in [1.807, 2.05) is 40.0 Å². The lowest BCUT2D eigenvalue weighted by molar-refractivity contribution is 0.0906. The van der Waals surface area contributed by atoms with Gasteiger partial charge in [0.25, 0.3) is 0 Å². The number of carbonyl (C=O) groups excluding carboxylic acids is 1. The number of anilines is 1. The van der Waals surface area contributed by atoms with Gasteiger partial charge in [0.05, 0.1) is 5.39 Å². The summed E-state index contributed by atoms with van der Waals surface area (Å²) in [5, 5.41) is 18.2. The summed E-state index contributed by atoms with van der Waals surface area (Å²) in [5.74, 6) is 0.120. The van der Waals surface area contributed by atoms with E-state index in [9.17, 15) is 4.79 Å². The molecule has 0 bridgehead atoms. The van der Waals surface area contributed by atoms with E-state index in [-0.39, 0.29) is 17.9 Å². The number of nitrogens with one attached hydrogen (secondary N) is 3. The zero-order valence-electron chi connectivity index (χ0n) is 20.7. The first-order valence-electron chi connectivity index (χ1n) is 11.9. The van der Waals surface area contributed by atoms with Crippen LogP contribution in [0, 0.1) is 5.82 Å². The molecule has 0 radical (unpaired) electrons. The Hall–Kier alpha value is -3.86. The van der Waals surface area contributed by atoms with Crippen molar-refractivity contribution in [3.05, 3.63) is 53.6 Å². The van der Waals surface area contributed by atoms with Crippen molar-refractivity contribution >= 4 is 22.8 Å². The summed E-state index contributed by atoms with van der Waals surface area (Å²) in [6.45, 7) is 7.47. The smallest absolute Gasteiger partial charge is 0.315 e. The molecule has 5 rings (SSSR count). The predicted molar refractivity (Wildman–Crippen MR) is 133 cm³/mol. The number of aromatic amines is 1. The summed E-state index contributed by atoms with van der Waals surface area (Å²) in [7, 11) is 1.96. The molecule has 1 aromatic carbocycles. The highest BCUT2D eigenvalue weighted by Gasteiger charge is 2.26. The number of H-pyrrole nitrogens is 1. The molecule has 0 spiro atoms. The molecule has 11 heteroatoms. The molecule has 10 nitrogen and oxygen atoms in total. The van der Waals surface area contributed by atoms with Crippen molar-refractivity contribution in [2.24, 2.45) is 0 Å². The number of benzene rings is 1. The zero-order valence-corrected chi connectivity index (χ0v) is 20.7. The number of aromatic nitrogens is 5. The SMILES string of the molecule is CN[C@@H]1CCN(c2n[nH]c3nccc(-c4ccc(CNC(=O)c5nc(C(C)(C)C)no5)c(F)c4)c23)C1. The first kappa shape index (κ1) is 23.9. The van der Waals surface area contributed by atoms with Crippen LogP contribution in [-0.2, 0) is 12.0 Å². The highest BCUT2D eigenvalue weighted by molar-refractivity contribution is 6.00. The number of fused-ring (bicyclic) bond motifs is 1. The number of hydrogen-bond acceptors (Lipinski definition) is 8. The molecule has 0 aliphatic carbocycles. The molecule has 1 fully saturated rings. The second-order valence-corrected chi connectivity index (χ2v) is 10.0. The Morgan fingerprint density at radius 1 is 1.31 bits per heavy atom. The third-order valence-electron chi connectivity index (χ3n) is 6.43. The molecule has 188 valence electrons. The maximum absolute atomic E-state index is 15.1. The van der Waals surface area contributed by atoms with Gasteiger partial charge in [0.1, 0.15) is 5.82 Å². The lowest BCUT2D eigenvalue weighted by Gasteiger charge is -2.17. The zero-order chi connectivity index (χ0) is 25.4. The van der Waals surface area contributed by atoms with Crippen LogP contribution in [0.25, 0.3) is 22.2 Å². The molecular weight excluding hydrogens is 463 g/mol. The Morgan fingerprint density at radius 3 is 2.83 bits per heavy atom. The van der Waals surface area contributed by atoms with Crippen LogP contribution in [0.4, 0.5) is 10.2 Å². The normalized spacial score (nSPS) is 16.1. The van der Waals surface area contributed by atoms with Crippen LogP contribution in [0.5, 0.6) is 0 Å². The van der Waals surface area contributed by atoms with Crippen LogP contribution < -0.4 is 15.5 Å². The highest BCUT2D eigenvalue weighted by Crippen LogP contribution is 2.35. The van der Waals surface area contributed by atoms with Crippen molar-refractivity contribution in [2.45, 2.75) is 45.2 Å². The van der Waals surface area contributed by atoms with Crippen molar-refractivity contribution in [3.8, 4) is 11.1 Å². The minimum Gasteiger partial charge on any atom is -0.353 e. The number of hydrogen-bond donors (Lipinski definition) is 3. The molecule has 3 aromatic heterocycles. The second kappa shape index (κ2) is 9.30. The Bertz CT molecular complexity index is 1410. The van der Waals surface area contributed by atoms with E-state index < -0.39 is 11.7 Å². The van der Waals surface area contributed by atoms with Gasteiger partial charge in [0, 0.05) is 42.9 Å². The van der Waals surface area contributed by atoms with Gasteiger partial charge in [-0.15, -0.1) is 0 Å². The van der Waals surface area contributed by atoms with E-state index in [2.05, 4.69) is 40.9 Å². The molecule has 3 N–H and O–H groups in total. The molecule has 1 saturated heterocycles. The minimum atomic E-state index is -0.550. The molecule has 4 aromatic rings. The van der Waals surface area contributed by atoms with E-state index in [1.54, 1.807) is 12.3 Å². The topological polar surface area (TPSA) is 125 Å². The van der Waals surface area contributed by atoms with Crippen LogP contribution in [-0.4, -0.2) is 57.4 Å². The van der Waals surface area contributed by atoms with Gasteiger partial charge in [0.2, 0.25) is 0 Å². The van der Waals surface area contributed by atoms with Gasteiger partial charge in [0.15, 0.2) is 17.3 Å². The number of amides is 1. The molecule has 0 unspecified atom stereocenters. The molecule has 1 aliphatic heterocycles. The van der Waals surface area contributed by atoms with Crippen LogP contribution >= 0.6 is 0 Å². The van der Waals surface area contributed by atoms with Gasteiger partial charge >= 0.3 is 11.8 Å². The quantitative estimate of drug-likeness (QED) is 0.375. The van der Waals surface area contributed by atoms with Gasteiger partial charge in [-0.1, -0.05) is 38.1 Å². The average molecular weight is 493 g/mol. The van der Waals surface area contributed by atoms with Crippen LogP contribution in [0.15, 0.2) is 35.0 Å². The predicted octanol–water partition coefficient (Wildman–Crippen LogP) is 3.17. The minimum absolute atomic E-state index is 0.0138. The molecule has 1 amide bonds. The largest absolute Gasteiger partial charge is 0.353 e. The lowest BCUT2D eigenvalue weighted by Crippen LogP contribution is -2.29. The van der Waals surface area contributed by atoms with Crippen molar-refractivity contribution in [2.75, 3.05) is 25.0 Å². The van der Waals surface area contributed by atoms with Crippen molar-refractivity contribution in [1.82, 2.24) is 36.0 Å². The summed E-state index contributed by atoms with van der Waals surface area (Å²) in [6, 6.07) is 7.23. The molecule has 1 atom stereocenters. The van der Waals surface area contributed by atoms with Crippen molar-refractivity contribution < 1.29 is 13.7 Å². The number of pyridine rings is 1. The summed E-state index contributed by atoms with van der Waals surface area (Å²) < 4.78 is 20.2. The molecule has 4 heterocycles. The summed E-state index contributed by atoms with van der Waals surface area (Å²) in [6.07, 6.45) is 2.71. The third-order valence-corrected chi connectivity index (χ3v) is 6.43. The third kappa shape index (κ3) is 4.53. The first-order chi connectivity index (χ1) is 17.2. The van der Waals surface area contributed by atoms with E-state index in [4.69, 9.17) is 4.52 Å². The lowest BCUT2D eigenvalue weighted by atomic mass is 9.96.